The Kier molecular flexibility index (Phi) is 6.51. The monoisotopic (exact) mass is 563 g/mol. The zero-order valence-corrected chi connectivity index (χ0v) is 23.2. The molecule has 2 N–H and O–H groups in total. The number of nitrogens with zero attached hydrogens (tertiary/aromatic N) is 3. The molecule has 7 rings (SSSR count). The van der Waals surface area contributed by atoms with E-state index in [1.165, 1.54) is 11.3 Å². The molecular formula is C32H29N5O3S. The number of para-hydroxylation sites is 1. The van der Waals surface area contributed by atoms with Gasteiger partial charge in [0.05, 0.1) is 10.6 Å². The van der Waals surface area contributed by atoms with Crippen LogP contribution in [0, 0.1) is 0 Å². The van der Waals surface area contributed by atoms with Crippen LogP contribution < -0.4 is 20.4 Å². The first-order valence-corrected chi connectivity index (χ1v) is 14.8. The summed E-state index contributed by atoms with van der Waals surface area (Å²) in [5.74, 6) is -0.409. The number of hydrogen-bond donors (Lipinski definition) is 2. The largest absolute Gasteiger partial charge is 0.371 e. The summed E-state index contributed by atoms with van der Waals surface area (Å²) < 4.78 is 0. The molecule has 1 aliphatic carbocycles. The summed E-state index contributed by atoms with van der Waals surface area (Å²) in [5, 5.41) is 5.97. The van der Waals surface area contributed by atoms with Gasteiger partial charge in [-0.05, 0) is 79.8 Å². The minimum absolute atomic E-state index is 0.0113. The van der Waals surface area contributed by atoms with Gasteiger partial charge in [0.1, 0.15) is 5.69 Å². The second-order valence-corrected chi connectivity index (χ2v) is 11.8. The predicted octanol–water partition coefficient (Wildman–Crippen LogP) is 5.37. The Labute approximate surface area is 242 Å². The molecule has 4 heterocycles. The molecule has 1 saturated carbocycles. The Bertz CT molecular complexity index is 1660. The summed E-state index contributed by atoms with van der Waals surface area (Å²) in [6.45, 7) is 2.49. The standard InChI is InChI=1S/C32H29N5O3S/c38-30(26-19-24(12-14-33-26)36-15-3-16-36)34-22-8-6-20(7-9-22)32(40)37-17-13-21-18-28(31(39)35-23-10-11-23)41-29(21)25-4-1-2-5-27(25)37/h1-2,4-9,12,14,18-19,23H,3,10-11,13,15-17H2,(H,34,38)(H,35,39). The normalized spacial score (nSPS) is 15.7. The van der Waals surface area contributed by atoms with Crippen molar-refractivity contribution in [1.29, 1.82) is 0 Å². The maximum absolute atomic E-state index is 13.7. The molecule has 0 atom stereocenters. The Hall–Kier alpha value is -4.50. The van der Waals surface area contributed by atoms with Gasteiger partial charge in [0.2, 0.25) is 0 Å². The lowest BCUT2D eigenvalue weighted by molar-refractivity contribution is 0.0952. The first-order valence-electron chi connectivity index (χ1n) is 14.0. The van der Waals surface area contributed by atoms with E-state index in [4.69, 9.17) is 0 Å². The zero-order chi connectivity index (χ0) is 27.9. The Balaban J connectivity index is 1.08. The molecule has 9 heteroatoms. The number of benzene rings is 2. The molecule has 2 aromatic carbocycles. The van der Waals surface area contributed by atoms with Crippen molar-refractivity contribution in [2.45, 2.75) is 31.7 Å². The smallest absolute Gasteiger partial charge is 0.274 e. The molecule has 4 aromatic rings. The van der Waals surface area contributed by atoms with Gasteiger partial charge < -0.3 is 20.4 Å². The topological polar surface area (TPSA) is 94.6 Å². The predicted molar refractivity (Wildman–Crippen MR) is 161 cm³/mol. The van der Waals surface area contributed by atoms with Crippen molar-refractivity contribution >= 4 is 46.1 Å². The average Bonchev–Trinajstić information content (AvgIpc) is 3.71. The zero-order valence-electron chi connectivity index (χ0n) is 22.4. The van der Waals surface area contributed by atoms with E-state index in [1.54, 1.807) is 30.5 Å². The minimum atomic E-state index is -0.288. The number of pyridine rings is 1. The lowest BCUT2D eigenvalue weighted by Gasteiger charge is -2.33. The van der Waals surface area contributed by atoms with Gasteiger partial charge in [0, 0.05) is 59.3 Å². The van der Waals surface area contributed by atoms with E-state index in [0.29, 0.717) is 36.0 Å². The fraction of sp³-hybridized carbons (Fsp3) is 0.250. The fourth-order valence-corrected chi connectivity index (χ4v) is 6.41. The molecule has 3 amide bonds. The van der Waals surface area contributed by atoms with Crippen LogP contribution in [0.5, 0.6) is 0 Å². The van der Waals surface area contributed by atoms with Gasteiger partial charge >= 0.3 is 0 Å². The maximum Gasteiger partial charge on any atom is 0.274 e. The number of nitrogens with one attached hydrogen (secondary N) is 2. The SMILES string of the molecule is O=C(Nc1ccc(C(=O)N2CCc3cc(C(=O)NC4CC4)sc3-c3ccccc32)cc1)c1cc(N2CCC2)ccn1. The van der Waals surface area contributed by atoms with Gasteiger partial charge in [0.15, 0.2) is 0 Å². The summed E-state index contributed by atoms with van der Waals surface area (Å²) in [5.41, 5.74) is 5.36. The van der Waals surface area contributed by atoms with Gasteiger partial charge in [-0.1, -0.05) is 18.2 Å². The van der Waals surface area contributed by atoms with Gasteiger partial charge in [0.25, 0.3) is 17.7 Å². The van der Waals surface area contributed by atoms with Crippen LogP contribution in [0.1, 0.15) is 55.3 Å². The molecule has 8 nitrogen and oxygen atoms in total. The summed E-state index contributed by atoms with van der Waals surface area (Å²) in [6.07, 6.45) is 5.57. The van der Waals surface area contributed by atoms with Crippen molar-refractivity contribution in [1.82, 2.24) is 10.3 Å². The summed E-state index contributed by atoms with van der Waals surface area (Å²) in [4.78, 5) is 49.3. The van der Waals surface area contributed by atoms with Crippen molar-refractivity contribution in [3.8, 4) is 10.4 Å². The van der Waals surface area contributed by atoms with Crippen molar-refractivity contribution in [2.24, 2.45) is 0 Å². The number of thiophene rings is 1. The molecule has 2 aromatic heterocycles. The van der Waals surface area contributed by atoms with E-state index >= 15 is 0 Å². The van der Waals surface area contributed by atoms with Crippen LogP contribution in [0.25, 0.3) is 10.4 Å². The number of hydrogen-bond acceptors (Lipinski definition) is 6. The van der Waals surface area contributed by atoms with E-state index in [0.717, 1.165) is 64.6 Å². The molecule has 2 aliphatic heterocycles. The Morgan fingerprint density at radius 1 is 0.902 bits per heavy atom. The number of carbonyl (C=O) groups is 3. The number of amides is 3. The highest BCUT2D eigenvalue weighted by Gasteiger charge is 2.29. The molecule has 0 bridgehead atoms. The first-order chi connectivity index (χ1) is 20.0. The quantitative estimate of drug-likeness (QED) is 0.329. The van der Waals surface area contributed by atoms with Crippen LogP contribution in [-0.4, -0.2) is 48.4 Å². The van der Waals surface area contributed by atoms with Crippen molar-refractivity contribution < 1.29 is 14.4 Å². The summed E-state index contributed by atoms with van der Waals surface area (Å²) >= 11 is 1.49. The maximum atomic E-state index is 13.7. The van der Waals surface area contributed by atoms with Crippen LogP contribution in [0.15, 0.2) is 72.9 Å². The minimum Gasteiger partial charge on any atom is -0.371 e. The highest BCUT2D eigenvalue weighted by atomic mass is 32.1. The average molecular weight is 564 g/mol. The highest BCUT2D eigenvalue weighted by Crippen LogP contribution is 2.42. The number of rotatable bonds is 6. The van der Waals surface area contributed by atoms with E-state index in [-0.39, 0.29) is 17.7 Å². The van der Waals surface area contributed by atoms with Crippen molar-refractivity contribution in [2.75, 3.05) is 34.8 Å². The third-order valence-corrected chi connectivity index (χ3v) is 9.03. The molecule has 206 valence electrons. The lowest BCUT2D eigenvalue weighted by atomic mass is 10.1. The number of fused-ring (bicyclic) bond motifs is 3. The van der Waals surface area contributed by atoms with Crippen LogP contribution in [0.2, 0.25) is 0 Å². The molecule has 0 radical (unpaired) electrons. The van der Waals surface area contributed by atoms with E-state index in [9.17, 15) is 14.4 Å². The molecular weight excluding hydrogens is 534 g/mol. The lowest BCUT2D eigenvalue weighted by Crippen LogP contribution is -2.37. The van der Waals surface area contributed by atoms with Crippen LogP contribution >= 0.6 is 11.3 Å². The Morgan fingerprint density at radius 2 is 1.71 bits per heavy atom. The van der Waals surface area contributed by atoms with E-state index < -0.39 is 0 Å². The second-order valence-electron chi connectivity index (χ2n) is 10.7. The number of anilines is 3. The van der Waals surface area contributed by atoms with Gasteiger partial charge in [-0.3, -0.25) is 19.4 Å². The third-order valence-electron chi connectivity index (χ3n) is 7.82. The van der Waals surface area contributed by atoms with Crippen LogP contribution in [-0.2, 0) is 6.42 Å². The second kappa shape index (κ2) is 10.5. The molecule has 2 fully saturated rings. The van der Waals surface area contributed by atoms with Crippen molar-refractivity contribution in [3.05, 3.63) is 94.6 Å². The van der Waals surface area contributed by atoms with Crippen molar-refractivity contribution in [3.63, 3.8) is 0 Å². The van der Waals surface area contributed by atoms with Crippen LogP contribution in [0.4, 0.5) is 17.1 Å². The van der Waals surface area contributed by atoms with Gasteiger partial charge in [-0.15, -0.1) is 11.3 Å². The number of carbonyl (C=O) groups excluding carboxylic acids is 3. The fourth-order valence-electron chi connectivity index (χ4n) is 5.26. The highest BCUT2D eigenvalue weighted by molar-refractivity contribution is 7.17. The molecule has 0 unspecified atom stereocenters. The third kappa shape index (κ3) is 5.09. The van der Waals surface area contributed by atoms with E-state index in [2.05, 4.69) is 20.5 Å². The molecule has 0 spiro atoms. The molecule has 41 heavy (non-hydrogen) atoms. The van der Waals surface area contributed by atoms with E-state index in [1.807, 2.05) is 47.4 Å². The Morgan fingerprint density at radius 3 is 2.46 bits per heavy atom. The summed E-state index contributed by atoms with van der Waals surface area (Å²) in [7, 11) is 0. The van der Waals surface area contributed by atoms with Gasteiger partial charge in [-0.2, -0.15) is 0 Å². The molecule has 3 aliphatic rings. The number of aromatic nitrogens is 1. The first kappa shape index (κ1) is 25.5. The van der Waals surface area contributed by atoms with Crippen LogP contribution in [0.3, 0.4) is 0 Å². The van der Waals surface area contributed by atoms with Gasteiger partial charge in [-0.25, -0.2) is 0 Å². The summed E-state index contributed by atoms with van der Waals surface area (Å²) in [6, 6.07) is 20.9. The molecule has 1 saturated heterocycles.